The molecule has 0 aromatic carbocycles. The lowest BCUT2D eigenvalue weighted by molar-refractivity contribution is 0.675. The first-order valence-corrected chi connectivity index (χ1v) is 7.10. The topological polar surface area (TPSA) is 40.5 Å². The fourth-order valence-electron chi connectivity index (χ4n) is 0.0362. The summed E-state index contributed by atoms with van der Waals surface area (Å²) in [5, 5.41) is 0. The molecule has 0 heterocycles. The zero-order valence-electron chi connectivity index (χ0n) is 2.94. The Morgan fingerprint density at radius 1 is 0.714 bits per heavy atom. The summed E-state index contributed by atoms with van der Waals surface area (Å²) in [4.78, 5) is 0. The van der Waals surface area contributed by atoms with E-state index in [1.165, 1.54) is 29.5 Å². The van der Waals surface area contributed by atoms with Gasteiger partial charge in [0.2, 0.25) is 0 Å². The first-order valence-electron chi connectivity index (χ1n) is 1.03. The largest absolute Gasteiger partial charge is 0.320 e. The van der Waals surface area contributed by atoms with E-state index in [0.717, 1.165) is 0 Å². The predicted molar refractivity (Wildman–Crippen MR) is 43.2 cm³/mol. The van der Waals surface area contributed by atoms with E-state index in [4.69, 9.17) is 9.11 Å². The lowest BCUT2D eigenvalue weighted by atomic mass is 15.9. The second kappa shape index (κ2) is 7.67. The van der Waals surface area contributed by atoms with Crippen LogP contribution in [0.5, 0.6) is 0 Å². The van der Waals surface area contributed by atoms with Gasteiger partial charge in [0.05, 0.1) is 22.1 Å². The van der Waals surface area contributed by atoms with Crippen molar-refractivity contribution >= 4 is 51.6 Å². The highest BCUT2D eigenvalue weighted by Gasteiger charge is 1.86. The van der Waals surface area contributed by atoms with Gasteiger partial charge in [0.15, 0.2) is 0 Å². The lowest BCUT2D eigenvalue weighted by Crippen LogP contribution is -1.33. The standard InChI is InChI=1S/H2O2S5/c1-3-5-7-6-4-2/h1-2H. The molecular formula is H2O2S5. The maximum atomic E-state index is 8.05. The van der Waals surface area contributed by atoms with Crippen LogP contribution < -0.4 is 0 Å². The minimum Gasteiger partial charge on any atom is -0.320 e. The van der Waals surface area contributed by atoms with Crippen LogP contribution in [0.1, 0.15) is 0 Å². The molecule has 0 aliphatic rings. The number of hydrogen-bond donors (Lipinski definition) is 2. The molecule has 0 amide bonds. The summed E-state index contributed by atoms with van der Waals surface area (Å²) in [7, 11) is 3.72. The summed E-state index contributed by atoms with van der Waals surface area (Å²) in [6, 6.07) is 0. The fraction of sp³-hybridized carbons (Fsp3) is 0. The van der Waals surface area contributed by atoms with Crippen molar-refractivity contribution in [2.45, 2.75) is 0 Å². The van der Waals surface area contributed by atoms with Crippen molar-refractivity contribution in [3.8, 4) is 0 Å². The van der Waals surface area contributed by atoms with Crippen molar-refractivity contribution in [2.24, 2.45) is 0 Å². The Balaban J connectivity index is 2.45. The minimum atomic E-state index is 0.676. The Bertz CT molecular complexity index is 25.3. The molecule has 0 bridgehead atoms. The van der Waals surface area contributed by atoms with Crippen LogP contribution in [0.15, 0.2) is 0 Å². The Morgan fingerprint density at radius 2 is 1.14 bits per heavy atom. The molecule has 0 aliphatic heterocycles. The summed E-state index contributed by atoms with van der Waals surface area (Å²) in [6.45, 7) is 0. The number of rotatable bonds is 4. The molecule has 0 spiro atoms. The molecule has 44 valence electrons. The molecule has 0 aromatic heterocycles. The van der Waals surface area contributed by atoms with Gasteiger partial charge in [-0.25, -0.2) is 0 Å². The molecule has 0 saturated carbocycles. The Kier molecular flexibility index (Phi) is 9.50. The molecule has 0 atom stereocenters. The van der Waals surface area contributed by atoms with Crippen molar-refractivity contribution in [1.82, 2.24) is 0 Å². The third kappa shape index (κ3) is 7.67. The van der Waals surface area contributed by atoms with Crippen molar-refractivity contribution in [1.29, 1.82) is 0 Å². The van der Waals surface area contributed by atoms with Crippen molar-refractivity contribution in [3.63, 3.8) is 0 Å². The third-order valence-electron chi connectivity index (χ3n) is 0.116. The summed E-state index contributed by atoms with van der Waals surface area (Å²) in [6.07, 6.45) is 0. The van der Waals surface area contributed by atoms with Crippen LogP contribution in [-0.2, 0) is 0 Å². The second-order valence-electron chi connectivity index (χ2n) is 0.353. The SMILES string of the molecule is OSSSSSO. The van der Waals surface area contributed by atoms with Gasteiger partial charge >= 0.3 is 0 Å². The smallest absolute Gasteiger partial charge is 0.0720 e. The van der Waals surface area contributed by atoms with Crippen LogP contribution >= 0.6 is 51.6 Å². The molecule has 0 aromatic rings. The van der Waals surface area contributed by atoms with Gasteiger partial charge in [-0.2, -0.15) is 0 Å². The van der Waals surface area contributed by atoms with E-state index in [2.05, 4.69) is 0 Å². The van der Waals surface area contributed by atoms with E-state index >= 15 is 0 Å². The van der Waals surface area contributed by atoms with Crippen LogP contribution in [0, 0.1) is 0 Å². The molecule has 0 unspecified atom stereocenters. The highest BCUT2D eigenvalue weighted by Crippen LogP contribution is 2.45. The van der Waals surface area contributed by atoms with Crippen molar-refractivity contribution < 1.29 is 9.11 Å². The highest BCUT2D eigenvalue weighted by atomic mass is 33.8. The molecular weight excluding hydrogens is 192 g/mol. The van der Waals surface area contributed by atoms with Crippen LogP contribution in [0.2, 0.25) is 0 Å². The van der Waals surface area contributed by atoms with E-state index in [0.29, 0.717) is 22.1 Å². The molecule has 2 N–H and O–H groups in total. The highest BCUT2D eigenvalue weighted by molar-refractivity contribution is 9.35. The molecule has 0 radical (unpaired) electrons. The van der Waals surface area contributed by atoms with Crippen LogP contribution in [0.4, 0.5) is 0 Å². The van der Waals surface area contributed by atoms with Gasteiger partial charge in [-0.05, 0) is 0 Å². The molecule has 0 rings (SSSR count). The maximum Gasteiger partial charge on any atom is 0.0720 e. The van der Waals surface area contributed by atoms with Gasteiger partial charge in [0.1, 0.15) is 0 Å². The first-order chi connectivity index (χ1) is 3.41. The van der Waals surface area contributed by atoms with Crippen molar-refractivity contribution in [2.75, 3.05) is 0 Å². The van der Waals surface area contributed by atoms with Crippen LogP contribution in [0.3, 0.4) is 0 Å². The zero-order chi connectivity index (χ0) is 5.54. The van der Waals surface area contributed by atoms with Crippen molar-refractivity contribution in [3.05, 3.63) is 0 Å². The van der Waals surface area contributed by atoms with E-state index in [1.54, 1.807) is 0 Å². The van der Waals surface area contributed by atoms with E-state index in [9.17, 15) is 0 Å². The Hall–Kier alpha value is 1.67. The summed E-state index contributed by atoms with van der Waals surface area (Å²) in [5.74, 6) is 0. The van der Waals surface area contributed by atoms with E-state index < -0.39 is 0 Å². The molecule has 7 heavy (non-hydrogen) atoms. The predicted octanol–water partition coefficient (Wildman–Crippen LogP) is 3.26. The van der Waals surface area contributed by atoms with Gasteiger partial charge in [0.25, 0.3) is 0 Å². The van der Waals surface area contributed by atoms with E-state index in [1.807, 2.05) is 0 Å². The normalized spacial score (nSPS) is 9.43. The molecule has 0 fully saturated rings. The maximum absolute atomic E-state index is 8.05. The quantitative estimate of drug-likeness (QED) is 0.404. The molecule has 7 heteroatoms. The van der Waals surface area contributed by atoms with Crippen LogP contribution in [-0.4, -0.2) is 9.11 Å². The molecule has 0 aliphatic carbocycles. The van der Waals surface area contributed by atoms with E-state index in [-0.39, 0.29) is 0 Å². The average Bonchev–Trinajstić information content (AvgIpc) is 1.69. The Morgan fingerprint density at radius 3 is 1.43 bits per heavy atom. The van der Waals surface area contributed by atoms with Gasteiger partial charge in [-0.15, -0.1) is 0 Å². The third-order valence-corrected chi connectivity index (χ3v) is 6.14. The van der Waals surface area contributed by atoms with Gasteiger partial charge in [-0.1, -0.05) is 0 Å². The summed E-state index contributed by atoms with van der Waals surface area (Å²) >= 11 is 1.35. The monoisotopic (exact) mass is 194 g/mol. The first kappa shape index (κ1) is 8.67. The summed E-state index contributed by atoms with van der Waals surface area (Å²) in [5.41, 5.74) is 0. The lowest BCUT2D eigenvalue weighted by Gasteiger charge is -1.85. The molecule has 0 saturated heterocycles. The van der Waals surface area contributed by atoms with Gasteiger partial charge < -0.3 is 9.11 Å². The summed E-state index contributed by atoms with van der Waals surface area (Å²) < 4.78 is 16.1. The number of hydrogen-bond acceptors (Lipinski definition) is 7. The van der Waals surface area contributed by atoms with Gasteiger partial charge in [0, 0.05) is 29.5 Å². The van der Waals surface area contributed by atoms with Crippen LogP contribution in [0.25, 0.3) is 0 Å². The minimum absolute atomic E-state index is 0.676. The Labute approximate surface area is 60.6 Å². The average molecular weight is 194 g/mol. The fourth-order valence-corrected chi connectivity index (χ4v) is 4.77. The zero-order valence-corrected chi connectivity index (χ0v) is 7.02. The van der Waals surface area contributed by atoms with Gasteiger partial charge in [-0.3, -0.25) is 0 Å². The second-order valence-corrected chi connectivity index (χ2v) is 6.85. The molecule has 2 nitrogen and oxygen atoms in total.